The zero-order valence-corrected chi connectivity index (χ0v) is 14.1. The van der Waals surface area contributed by atoms with Crippen molar-refractivity contribution in [3.8, 4) is 5.75 Å². The lowest BCUT2D eigenvalue weighted by Crippen LogP contribution is -2.26. The number of hydrazone groups is 1. The largest absolute Gasteiger partial charge is 0.491 e. The van der Waals surface area contributed by atoms with Crippen LogP contribution in [-0.4, -0.2) is 25.3 Å². The molecule has 0 fully saturated rings. The summed E-state index contributed by atoms with van der Waals surface area (Å²) in [5.74, 6) is 0.481. The van der Waals surface area contributed by atoms with E-state index in [1.807, 2.05) is 68.4 Å². The predicted octanol–water partition coefficient (Wildman–Crippen LogP) is 3.31. The van der Waals surface area contributed by atoms with Gasteiger partial charge in [-0.05, 0) is 49.2 Å². The third-order valence-corrected chi connectivity index (χ3v) is 3.22. The van der Waals surface area contributed by atoms with Crippen LogP contribution >= 0.6 is 0 Å². The molecule has 1 N–H and O–H groups in total. The van der Waals surface area contributed by atoms with Crippen LogP contribution in [0.2, 0.25) is 0 Å². The minimum Gasteiger partial charge on any atom is -0.491 e. The van der Waals surface area contributed by atoms with Crippen molar-refractivity contribution in [2.75, 3.05) is 7.11 Å². The molecule has 24 heavy (non-hydrogen) atoms. The number of amides is 1. The van der Waals surface area contributed by atoms with Gasteiger partial charge in [-0.15, -0.1) is 0 Å². The third kappa shape index (κ3) is 5.21. The fraction of sp³-hybridized carbons (Fsp3) is 0.263. The number of carbonyl (C=O) groups is 1. The lowest BCUT2D eigenvalue weighted by atomic mass is 10.1. The van der Waals surface area contributed by atoms with Crippen LogP contribution in [0.1, 0.15) is 31.1 Å². The molecule has 0 radical (unpaired) electrons. The molecule has 0 saturated carbocycles. The van der Waals surface area contributed by atoms with Crippen LogP contribution < -0.4 is 10.2 Å². The molecule has 0 spiro atoms. The Morgan fingerprint density at radius 3 is 2.33 bits per heavy atom. The molecule has 0 aliphatic rings. The van der Waals surface area contributed by atoms with Gasteiger partial charge in [-0.2, -0.15) is 5.10 Å². The lowest BCUT2D eigenvalue weighted by Gasteiger charge is -2.13. The van der Waals surface area contributed by atoms with Gasteiger partial charge in [-0.3, -0.25) is 4.79 Å². The Hall–Kier alpha value is -2.66. The highest BCUT2D eigenvalue weighted by atomic mass is 16.5. The lowest BCUT2D eigenvalue weighted by molar-refractivity contribution is -0.131. The van der Waals surface area contributed by atoms with Gasteiger partial charge in [0.1, 0.15) is 5.75 Å². The Morgan fingerprint density at radius 1 is 1.08 bits per heavy atom. The summed E-state index contributed by atoms with van der Waals surface area (Å²) in [6.07, 6.45) is 1.02. The minimum atomic E-state index is -0.690. The fourth-order valence-corrected chi connectivity index (χ4v) is 2.16. The number of hydrogen-bond acceptors (Lipinski definition) is 4. The number of hydrogen-bond donors (Lipinski definition) is 1. The van der Waals surface area contributed by atoms with E-state index in [1.165, 1.54) is 7.11 Å². The smallest absolute Gasteiger partial charge is 0.273 e. The molecule has 1 amide bonds. The monoisotopic (exact) mass is 326 g/mol. The van der Waals surface area contributed by atoms with Gasteiger partial charge in [0.05, 0.1) is 12.3 Å². The number of carbonyl (C=O) groups excluding carboxylic acids is 1. The molecule has 126 valence electrons. The normalized spacial score (nSPS) is 12.3. The summed E-state index contributed by atoms with van der Waals surface area (Å²) in [5, 5.41) is 3.98. The van der Waals surface area contributed by atoms with E-state index < -0.39 is 6.10 Å². The van der Waals surface area contributed by atoms with Crippen LogP contribution in [0, 0.1) is 0 Å². The zero-order chi connectivity index (χ0) is 17.4. The van der Waals surface area contributed by atoms with E-state index in [-0.39, 0.29) is 12.0 Å². The van der Waals surface area contributed by atoms with Crippen molar-refractivity contribution in [2.24, 2.45) is 5.10 Å². The molecule has 0 aliphatic carbocycles. The van der Waals surface area contributed by atoms with Gasteiger partial charge < -0.3 is 9.47 Å². The number of benzene rings is 2. The van der Waals surface area contributed by atoms with Gasteiger partial charge in [0.15, 0.2) is 6.10 Å². The SMILES string of the molecule is COC(C(=O)N/N=C\c1ccc(OC(C)C)cc1)c1ccccc1. The molecule has 5 heteroatoms. The van der Waals surface area contributed by atoms with Crippen molar-refractivity contribution in [3.63, 3.8) is 0 Å². The molecule has 5 nitrogen and oxygen atoms in total. The van der Waals surface area contributed by atoms with Crippen molar-refractivity contribution in [1.29, 1.82) is 0 Å². The van der Waals surface area contributed by atoms with Crippen LogP contribution in [0.5, 0.6) is 5.75 Å². The summed E-state index contributed by atoms with van der Waals surface area (Å²) in [7, 11) is 1.49. The number of nitrogens with zero attached hydrogens (tertiary/aromatic N) is 1. The zero-order valence-electron chi connectivity index (χ0n) is 14.1. The maximum Gasteiger partial charge on any atom is 0.273 e. The van der Waals surface area contributed by atoms with Gasteiger partial charge in [-0.1, -0.05) is 30.3 Å². The second-order valence-corrected chi connectivity index (χ2v) is 5.50. The summed E-state index contributed by atoms with van der Waals surface area (Å²) in [6.45, 7) is 3.95. The molecular weight excluding hydrogens is 304 g/mol. The van der Waals surface area contributed by atoms with Gasteiger partial charge in [0, 0.05) is 7.11 Å². The van der Waals surface area contributed by atoms with E-state index in [1.54, 1.807) is 6.21 Å². The van der Waals surface area contributed by atoms with Crippen LogP contribution in [0.3, 0.4) is 0 Å². The predicted molar refractivity (Wildman–Crippen MR) is 94.1 cm³/mol. The molecule has 0 bridgehead atoms. The molecular formula is C19H22N2O3. The maximum absolute atomic E-state index is 12.2. The molecule has 0 aromatic heterocycles. The Kier molecular flexibility index (Phi) is 6.51. The van der Waals surface area contributed by atoms with E-state index in [2.05, 4.69) is 10.5 Å². The molecule has 0 aliphatic heterocycles. The molecule has 2 rings (SSSR count). The van der Waals surface area contributed by atoms with Gasteiger partial charge in [0.2, 0.25) is 0 Å². The van der Waals surface area contributed by atoms with Crippen LogP contribution in [0.15, 0.2) is 59.7 Å². The standard InChI is InChI=1S/C19H22N2O3/c1-14(2)24-17-11-9-15(10-12-17)13-20-21-19(22)18(23-3)16-7-5-4-6-8-16/h4-14,18H,1-3H3,(H,21,22)/b20-13-. The first kappa shape index (κ1) is 17.7. The fourth-order valence-electron chi connectivity index (χ4n) is 2.16. The summed E-state index contributed by atoms with van der Waals surface area (Å²) in [5.41, 5.74) is 4.14. The molecule has 0 saturated heterocycles. The van der Waals surface area contributed by atoms with E-state index in [0.717, 1.165) is 16.9 Å². The summed E-state index contributed by atoms with van der Waals surface area (Å²) in [4.78, 5) is 12.2. The van der Waals surface area contributed by atoms with Crippen LogP contribution in [0.25, 0.3) is 0 Å². The molecule has 0 heterocycles. The first-order valence-corrected chi connectivity index (χ1v) is 7.77. The van der Waals surface area contributed by atoms with Crippen molar-refractivity contribution in [1.82, 2.24) is 5.43 Å². The van der Waals surface area contributed by atoms with E-state index in [9.17, 15) is 4.79 Å². The highest BCUT2D eigenvalue weighted by Gasteiger charge is 2.18. The maximum atomic E-state index is 12.2. The third-order valence-electron chi connectivity index (χ3n) is 3.22. The quantitative estimate of drug-likeness (QED) is 0.627. The van der Waals surface area contributed by atoms with Crippen molar-refractivity contribution >= 4 is 12.1 Å². The topological polar surface area (TPSA) is 59.9 Å². The van der Waals surface area contributed by atoms with E-state index >= 15 is 0 Å². The number of ether oxygens (including phenoxy) is 2. The van der Waals surface area contributed by atoms with Gasteiger partial charge in [-0.25, -0.2) is 5.43 Å². The number of nitrogens with one attached hydrogen (secondary N) is 1. The Bertz CT molecular complexity index is 667. The average molecular weight is 326 g/mol. The highest BCUT2D eigenvalue weighted by Crippen LogP contribution is 2.16. The minimum absolute atomic E-state index is 0.132. The van der Waals surface area contributed by atoms with E-state index in [0.29, 0.717) is 0 Å². The Labute approximate surface area is 142 Å². The molecule has 2 aromatic rings. The van der Waals surface area contributed by atoms with Crippen LogP contribution in [0.4, 0.5) is 0 Å². The Morgan fingerprint density at radius 2 is 1.75 bits per heavy atom. The first-order chi connectivity index (χ1) is 11.6. The van der Waals surface area contributed by atoms with Crippen LogP contribution in [-0.2, 0) is 9.53 Å². The summed E-state index contributed by atoms with van der Waals surface area (Å²) < 4.78 is 10.8. The number of rotatable bonds is 7. The van der Waals surface area contributed by atoms with Crippen molar-refractivity contribution in [2.45, 2.75) is 26.1 Å². The average Bonchev–Trinajstić information content (AvgIpc) is 2.58. The van der Waals surface area contributed by atoms with E-state index in [4.69, 9.17) is 9.47 Å². The first-order valence-electron chi connectivity index (χ1n) is 7.77. The molecule has 2 aromatic carbocycles. The summed E-state index contributed by atoms with van der Waals surface area (Å²) in [6, 6.07) is 16.8. The van der Waals surface area contributed by atoms with Gasteiger partial charge >= 0.3 is 0 Å². The molecule has 1 unspecified atom stereocenters. The van der Waals surface area contributed by atoms with Gasteiger partial charge in [0.25, 0.3) is 5.91 Å². The van der Waals surface area contributed by atoms with Crippen molar-refractivity contribution < 1.29 is 14.3 Å². The number of methoxy groups -OCH3 is 1. The van der Waals surface area contributed by atoms with Crippen molar-refractivity contribution in [3.05, 3.63) is 65.7 Å². The Balaban J connectivity index is 1.94. The molecule has 1 atom stereocenters. The second kappa shape index (κ2) is 8.84. The summed E-state index contributed by atoms with van der Waals surface area (Å²) >= 11 is 0. The second-order valence-electron chi connectivity index (χ2n) is 5.50. The highest BCUT2D eigenvalue weighted by molar-refractivity contribution is 5.85.